The van der Waals surface area contributed by atoms with Crippen LogP contribution in [0.4, 0.5) is 26.3 Å². The lowest BCUT2D eigenvalue weighted by atomic mass is 9.87. The smallest absolute Gasteiger partial charge is 0.419 e. The van der Waals surface area contributed by atoms with Crippen molar-refractivity contribution in [2.24, 2.45) is 5.73 Å². The molecular weight excluding hydrogens is 264 g/mol. The summed E-state index contributed by atoms with van der Waals surface area (Å²) in [6, 6.07) is 2.48. The van der Waals surface area contributed by atoms with Gasteiger partial charge in [0, 0.05) is 5.56 Å². The van der Waals surface area contributed by atoms with Crippen LogP contribution in [-0.2, 0) is 5.54 Å². The highest BCUT2D eigenvalue weighted by Crippen LogP contribution is 2.50. The lowest BCUT2D eigenvalue weighted by Crippen LogP contribution is -2.60. The molecular formula is C10H9F6NO. The number of hydrogen-bond donors (Lipinski definition) is 2. The molecule has 0 aliphatic heterocycles. The lowest BCUT2D eigenvalue weighted by Gasteiger charge is -2.34. The van der Waals surface area contributed by atoms with Crippen LogP contribution in [0.1, 0.15) is 11.1 Å². The molecule has 0 aromatic heterocycles. The van der Waals surface area contributed by atoms with E-state index in [0.29, 0.717) is 6.07 Å². The molecule has 0 saturated carbocycles. The number of hydrogen-bond acceptors (Lipinski definition) is 2. The van der Waals surface area contributed by atoms with Gasteiger partial charge in [-0.05, 0) is 19.1 Å². The molecule has 0 bridgehead atoms. The van der Waals surface area contributed by atoms with Crippen LogP contribution in [0.15, 0.2) is 18.2 Å². The molecule has 1 aromatic rings. The molecule has 1 aromatic carbocycles. The van der Waals surface area contributed by atoms with Gasteiger partial charge >= 0.3 is 12.4 Å². The van der Waals surface area contributed by atoms with Crippen LogP contribution in [0.5, 0.6) is 5.75 Å². The minimum atomic E-state index is -5.78. The summed E-state index contributed by atoms with van der Waals surface area (Å²) in [5.74, 6) is -1.15. The van der Waals surface area contributed by atoms with Crippen molar-refractivity contribution in [2.75, 3.05) is 0 Å². The van der Waals surface area contributed by atoms with Gasteiger partial charge in [0.1, 0.15) is 5.75 Å². The van der Waals surface area contributed by atoms with E-state index < -0.39 is 29.2 Å². The highest BCUT2D eigenvalue weighted by molar-refractivity contribution is 5.43. The molecule has 0 unspecified atom stereocenters. The van der Waals surface area contributed by atoms with Crippen molar-refractivity contribution in [3.63, 3.8) is 0 Å². The van der Waals surface area contributed by atoms with E-state index in [0.717, 1.165) is 6.07 Å². The number of alkyl halides is 6. The first-order chi connectivity index (χ1) is 7.91. The number of aromatic hydroxyl groups is 1. The summed E-state index contributed by atoms with van der Waals surface area (Å²) in [6.45, 7) is 1.29. The molecule has 0 saturated heterocycles. The van der Waals surface area contributed by atoms with Gasteiger partial charge in [0.25, 0.3) is 0 Å². The average Bonchev–Trinajstić information content (AvgIpc) is 2.17. The predicted molar refractivity (Wildman–Crippen MR) is 50.8 cm³/mol. The first-order valence-electron chi connectivity index (χ1n) is 4.63. The largest absolute Gasteiger partial charge is 0.508 e. The van der Waals surface area contributed by atoms with Gasteiger partial charge in [-0.15, -0.1) is 0 Å². The fourth-order valence-corrected chi connectivity index (χ4v) is 1.43. The number of nitrogens with two attached hydrogens (primary N) is 1. The van der Waals surface area contributed by atoms with Crippen molar-refractivity contribution in [3.05, 3.63) is 29.3 Å². The van der Waals surface area contributed by atoms with Gasteiger partial charge in [-0.1, -0.05) is 11.6 Å². The molecule has 0 fully saturated rings. The summed E-state index contributed by atoms with van der Waals surface area (Å²) in [6.07, 6.45) is -11.6. The SMILES string of the molecule is Cc1ccc(O)c(C(N)(C(F)(F)F)C(F)(F)F)c1. The van der Waals surface area contributed by atoms with Crippen molar-refractivity contribution in [1.29, 1.82) is 0 Å². The molecule has 0 atom stereocenters. The molecule has 3 N–H and O–H groups in total. The maximum absolute atomic E-state index is 12.6. The van der Waals surface area contributed by atoms with E-state index >= 15 is 0 Å². The van der Waals surface area contributed by atoms with Gasteiger partial charge < -0.3 is 10.8 Å². The number of phenolic OH excluding ortho intramolecular Hbond substituents is 1. The van der Waals surface area contributed by atoms with Gasteiger partial charge in [0.05, 0.1) is 0 Å². The Balaban J connectivity index is 3.61. The standard InChI is InChI=1S/C10H9F6NO/c1-5-2-3-7(18)6(4-5)8(17,9(11,12)13)10(14,15)16/h2-4,18H,17H2,1H3. The number of benzene rings is 1. The second-order valence-electron chi connectivity index (χ2n) is 3.82. The fourth-order valence-electron chi connectivity index (χ4n) is 1.43. The van der Waals surface area contributed by atoms with Crippen LogP contribution in [0.3, 0.4) is 0 Å². The summed E-state index contributed by atoms with van der Waals surface area (Å²) in [7, 11) is 0. The Bertz CT molecular complexity index is 437. The second kappa shape index (κ2) is 4.04. The lowest BCUT2D eigenvalue weighted by molar-refractivity contribution is -0.302. The fraction of sp³-hybridized carbons (Fsp3) is 0.400. The minimum Gasteiger partial charge on any atom is -0.508 e. The number of halogens is 6. The zero-order valence-electron chi connectivity index (χ0n) is 9.02. The van der Waals surface area contributed by atoms with Gasteiger partial charge in [0.15, 0.2) is 0 Å². The molecule has 0 amide bonds. The Kier molecular flexibility index (Phi) is 3.28. The Morgan fingerprint density at radius 2 is 1.44 bits per heavy atom. The molecule has 102 valence electrons. The molecule has 0 spiro atoms. The predicted octanol–water partition coefficient (Wildman–Crippen LogP) is 2.98. The number of aryl methyl sites for hydroxylation is 1. The molecule has 8 heteroatoms. The third-order valence-corrected chi connectivity index (χ3v) is 2.47. The van der Waals surface area contributed by atoms with Crippen LogP contribution in [0.2, 0.25) is 0 Å². The average molecular weight is 273 g/mol. The van der Waals surface area contributed by atoms with Crippen molar-refractivity contribution in [3.8, 4) is 5.75 Å². The maximum atomic E-state index is 12.6. The number of phenols is 1. The Morgan fingerprint density at radius 3 is 1.83 bits per heavy atom. The van der Waals surface area contributed by atoms with E-state index in [1.165, 1.54) is 13.0 Å². The van der Waals surface area contributed by atoms with Gasteiger partial charge in [-0.2, -0.15) is 26.3 Å². The summed E-state index contributed by atoms with van der Waals surface area (Å²) < 4.78 is 75.8. The summed E-state index contributed by atoms with van der Waals surface area (Å²) in [5, 5.41) is 9.22. The van der Waals surface area contributed by atoms with E-state index in [2.05, 4.69) is 5.73 Å². The third kappa shape index (κ3) is 2.12. The minimum absolute atomic E-state index is 0.117. The summed E-state index contributed by atoms with van der Waals surface area (Å²) in [5.41, 5.74) is -1.37. The first-order valence-corrected chi connectivity index (χ1v) is 4.63. The van der Waals surface area contributed by atoms with E-state index in [1.807, 2.05) is 0 Å². The van der Waals surface area contributed by atoms with Crippen molar-refractivity contribution in [1.82, 2.24) is 0 Å². The zero-order valence-corrected chi connectivity index (χ0v) is 9.02. The van der Waals surface area contributed by atoms with Crippen LogP contribution in [-0.4, -0.2) is 17.5 Å². The van der Waals surface area contributed by atoms with Crippen molar-refractivity contribution in [2.45, 2.75) is 24.8 Å². The second-order valence-corrected chi connectivity index (χ2v) is 3.82. The van der Waals surface area contributed by atoms with E-state index in [4.69, 9.17) is 0 Å². The quantitative estimate of drug-likeness (QED) is 0.773. The third-order valence-electron chi connectivity index (χ3n) is 2.47. The van der Waals surface area contributed by atoms with Crippen molar-refractivity contribution >= 4 is 0 Å². The van der Waals surface area contributed by atoms with Crippen LogP contribution >= 0.6 is 0 Å². The van der Waals surface area contributed by atoms with E-state index in [-0.39, 0.29) is 5.56 Å². The summed E-state index contributed by atoms with van der Waals surface area (Å²) >= 11 is 0. The van der Waals surface area contributed by atoms with Gasteiger partial charge in [-0.3, -0.25) is 0 Å². The van der Waals surface area contributed by atoms with Crippen LogP contribution in [0.25, 0.3) is 0 Å². The highest BCUT2D eigenvalue weighted by atomic mass is 19.4. The number of rotatable bonds is 1. The van der Waals surface area contributed by atoms with Gasteiger partial charge in [-0.25, -0.2) is 0 Å². The molecule has 18 heavy (non-hydrogen) atoms. The van der Waals surface area contributed by atoms with Crippen LogP contribution < -0.4 is 5.73 Å². The first kappa shape index (κ1) is 14.6. The Hall–Kier alpha value is -1.44. The molecule has 1 rings (SSSR count). The maximum Gasteiger partial charge on any atom is 0.419 e. The topological polar surface area (TPSA) is 46.2 Å². The Labute approximate surface area is 98.0 Å². The molecule has 2 nitrogen and oxygen atoms in total. The van der Waals surface area contributed by atoms with Crippen LogP contribution in [0, 0.1) is 6.92 Å². The monoisotopic (exact) mass is 273 g/mol. The van der Waals surface area contributed by atoms with Crippen molar-refractivity contribution < 1.29 is 31.4 Å². The Morgan fingerprint density at radius 1 is 1.00 bits per heavy atom. The zero-order chi connectivity index (χ0) is 14.4. The van der Waals surface area contributed by atoms with E-state index in [9.17, 15) is 31.4 Å². The summed E-state index contributed by atoms with van der Waals surface area (Å²) in [4.78, 5) is 0. The highest BCUT2D eigenvalue weighted by Gasteiger charge is 2.70. The normalized spacial score (nSPS) is 13.8. The molecule has 0 heterocycles. The molecule has 0 radical (unpaired) electrons. The van der Waals surface area contributed by atoms with Gasteiger partial charge in [0.2, 0.25) is 5.54 Å². The molecule has 0 aliphatic rings. The van der Waals surface area contributed by atoms with E-state index in [1.54, 1.807) is 0 Å². The molecule has 0 aliphatic carbocycles.